The van der Waals surface area contributed by atoms with Crippen LogP contribution >= 0.6 is 0 Å². The summed E-state index contributed by atoms with van der Waals surface area (Å²) in [4.78, 5) is 0. The highest BCUT2D eigenvalue weighted by Crippen LogP contribution is 2.41. The Morgan fingerprint density at radius 2 is 2.00 bits per heavy atom. The molecule has 1 saturated carbocycles. The molecule has 0 bridgehead atoms. The van der Waals surface area contributed by atoms with Crippen LogP contribution in [0.4, 0.5) is 0 Å². The standard InChI is InChI=1S/C14H28N2/c1-14(2,12-5-3-6-12)11-15-10-8-13-7-4-9-16-13/h12-13,15-16H,3-11H2,1-2H3. The van der Waals surface area contributed by atoms with Crippen LogP contribution in [-0.2, 0) is 0 Å². The average molecular weight is 224 g/mol. The summed E-state index contributed by atoms with van der Waals surface area (Å²) in [6.45, 7) is 8.48. The molecular weight excluding hydrogens is 196 g/mol. The largest absolute Gasteiger partial charge is 0.316 e. The molecule has 2 N–H and O–H groups in total. The summed E-state index contributed by atoms with van der Waals surface area (Å²) >= 11 is 0. The number of hydrogen-bond acceptors (Lipinski definition) is 2. The molecule has 1 atom stereocenters. The maximum atomic E-state index is 3.66. The maximum Gasteiger partial charge on any atom is 0.00796 e. The van der Waals surface area contributed by atoms with Crippen molar-refractivity contribution in [3.8, 4) is 0 Å². The lowest BCUT2D eigenvalue weighted by Gasteiger charge is -2.40. The minimum Gasteiger partial charge on any atom is -0.316 e. The van der Waals surface area contributed by atoms with Gasteiger partial charge in [0, 0.05) is 12.6 Å². The Bertz CT molecular complexity index is 203. The predicted octanol–water partition coefficient (Wildman–Crippen LogP) is 2.54. The van der Waals surface area contributed by atoms with Gasteiger partial charge in [0.1, 0.15) is 0 Å². The zero-order valence-corrected chi connectivity index (χ0v) is 11.0. The van der Waals surface area contributed by atoms with Crippen molar-refractivity contribution in [1.82, 2.24) is 10.6 Å². The van der Waals surface area contributed by atoms with E-state index in [0.29, 0.717) is 5.41 Å². The summed E-state index contributed by atoms with van der Waals surface area (Å²) in [5.41, 5.74) is 0.515. The highest BCUT2D eigenvalue weighted by molar-refractivity contribution is 4.86. The molecule has 0 aromatic heterocycles. The lowest BCUT2D eigenvalue weighted by molar-refractivity contribution is 0.119. The lowest BCUT2D eigenvalue weighted by atomic mass is 9.67. The van der Waals surface area contributed by atoms with E-state index in [1.165, 1.54) is 58.2 Å². The minimum atomic E-state index is 0.515. The van der Waals surface area contributed by atoms with Crippen molar-refractivity contribution in [2.75, 3.05) is 19.6 Å². The van der Waals surface area contributed by atoms with Gasteiger partial charge in [-0.05, 0) is 56.5 Å². The smallest absolute Gasteiger partial charge is 0.00796 e. The van der Waals surface area contributed by atoms with Gasteiger partial charge >= 0.3 is 0 Å². The first-order chi connectivity index (χ1) is 7.68. The van der Waals surface area contributed by atoms with E-state index >= 15 is 0 Å². The molecule has 2 rings (SSSR count). The van der Waals surface area contributed by atoms with Gasteiger partial charge in [-0.15, -0.1) is 0 Å². The summed E-state index contributed by atoms with van der Waals surface area (Å²) in [5.74, 6) is 0.976. The fourth-order valence-electron chi connectivity index (χ4n) is 3.02. The van der Waals surface area contributed by atoms with Crippen molar-refractivity contribution in [3.63, 3.8) is 0 Å². The van der Waals surface area contributed by atoms with Gasteiger partial charge in [0.25, 0.3) is 0 Å². The molecule has 2 aliphatic rings. The molecule has 1 saturated heterocycles. The fourth-order valence-corrected chi connectivity index (χ4v) is 3.02. The Labute approximate surface area is 101 Å². The first-order valence-corrected chi connectivity index (χ1v) is 7.12. The van der Waals surface area contributed by atoms with Gasteiger partial charge in [0.15, 0.2) is 0 Å². The molecule has 0 spiro atoms. The van der Waals surface area contributed by atoms with Crippen molar-refractivity contribution < 1.29 is 0 Å². The van der Waals surface area contributed by atoms with Crippen molar-refractivity contribution in [3.05, 3.63) is 0 Å². The summed E-state index contributed by atoms with van der Waals surface area (Å²) in [6.07, 6.45) is 8.44. The summed E-state index contributed by atoms with van der Waals surface area (Å²) in [6, 6.07) is 0.791. The minimum absolute atomic E-state index is 0.515. The van der Waals surface area contributed by atoms with E-state index in [-0.39, 0.29) is 0 Å². The second-order valence-electron chi connectivity index (χ2n) is 6.38. The Morgan fingerprint density at radius 3 is 2.56 bits per heavy atom. The zero-order chi connectivity index (χ0) is 11.4. The Morgan fingerprint density at radius 1 is 1.19 bits per heavy atom. The van der Waals surface area contributed by atoms with Crippen LogP contribution in [0.15, 0.2) is 0 Å². The molecule has 16 heavy (non-hydrogen) atoms. The molecule has 2 fully saturated rings. The third-order valence-corrected chi connectivity index (χ3v) is 4.62. The molecule has 1 heterocycles. The quantitative estimate of drug-likeness (QED) is 0.678. The van der Waals surface area contributed by atoms with Crippen molar-refractivity contribution >= 4 is 0 Å². The van der Waals surface area contributed by atoms with Crippen molar-refractivity contribution in [1.29, 1.82) is 0 Å². The van der Waals surface area contributed by atoms with Crippen LogP contribution in [0, 0.1) is 11.3 Å². The Balaban J connectivity index is 1.56. The van der Waals surface area contributed by atoms with Crippen LogP contribution in [0.5, 0.6) is 0 Å². The molecular formula is C14H28N2. The highest BCUT2D eigenvalue weighted by Gasteiger charge is 2.33. The molecule has 0 aromatic carbocycles. The molecule has 2 nitrogen and oxygen atoms in total. The highest BCUT2D eigenvalue weighted by atomic mass is 15.0. The van der Waals surface area contributed by atoms with E-state index in [2.05, 4.69) is 24.5 Å². The third kappa shape index (κ3) is 3.21. The first-order valence-electron chi connectivity index (χ1n) is 7.12. The van der Waals surface area contributed by atoms with Crippen molar-refractivity contribution in [2.24, 2.45) is 11.3 Å². The van der Waals surface area contributed by atoms with Gasteiger partial charge in [-0.25, -0.2) is 0 Å². The van der Waals surface area contributed by atoms with Crippen molar-refractivity contribution in [2.45, 2.75) is 58.4 Å². The monoisotopic (exact) mass is 224 g/mol. The van der Waals surface area contributed by atoms with Gasteiger partial charge in [0.2, 0.25) is 0 Å². The van der Waals surface area contributed by atoms with E-state index in [1.807, 2.05) is 0 Å². The number of rotatable bonds is 6. The van der Waals surface area contributed by atoms with Gasteiger partial charge in [-0.2, -0.15) is 0 Å². The SMILES string of the molecule is CC(C)(CNCCC1CCCN1)C1CCC1. The molecule has 94 valence electrons. The van der Waals surface area contributed by atoms with Crippen LogP contribution in [0.2, 0.25) is 0 Å². The molecule has 1 unspecified atom stereocenters. The second-order valence-corrected chi connectivity index (χ2v) is 6.38. The van der Waals surface area contributed by atoms with E-state index in [4.69, 9.17) is 0 Å². The maximum absolute atomic E-state index is 3.66. The molecule has 1 aliphatic heterocycles. The predicted molar refractivity (Wildman–Crippen MR) is 69.6 cm³/mol. The molecule has 0 aromatic rings. The lowest BCUT2D eigenvalue weighted by Crippen LogP contribution is -2.40. The normalized spacial score (nSPS) is 27.0. The van der Waals surface area contributed by atoms with Crippen LogP contribution in [0.1, 0.15) is 52.4 Å². The fraction of sp³-hybridized carbons (Fsp3) is 1.00. The van der Waals surface area contributed by atoms with Crippen LogP contribution in [-0.4, -0.2) is 25.7 Å². The van der Waals surface area contributed by atoms with E-state index < -0.39 is 0 Å². The van der Waals surface area contributed by atoms with E-state index in [1.54, 1.807) is 0 Å². The number of hydrogen-bond donors (Lipinski definition) is 2. The topological polar surface area (TPSA) is 24.1 Å². The first kappa shape index (κ1) is 12.4. The van der Waals surface area contributed by atoms with Crippen LogP contribution in [0.25, 0.3) is 0 Å². The van der Waals surface area contributed by atoms with E-state index in [9.17, 15) is 0 Å². The molecule has 2 heteroatoms. The van der Waals surface area contributed by atoms with Gasteiger partial charge in [0.05, 0.1) is 0 Å². The van der Waals surface area contributed by atoms with E-state index in [0.717, 1.165) is 12.0 Å². The van der Waals surface area contributed by atoms with Gasteiger partial charge < -0.3 is 10.6 Å². The average Bonchev–Trinajstić information content (AvgIpc) is 2.61. The summed E-state index contributed by atoms with van der Waals surface area (Å²) in [7, 11) is 0. The Hall–Kier alpha value is -0.0800. The summed E-state index contributed by atoms with van der Waals surface area (Å²) < 4.78 is 0. The molecule has 0 radical (unpaired) electrons. The van der Waals surface area contributed by atoms with Gasteiger partial charge in [-0.3, -0.25) is 0 Å². The molecule has 0 amide bonds. The number of nitrogens with one attached hydrogen (secondary N) is 2. The Kier molecular flexibility index (Phi) is 4.26. The van der Waals surface area contributed by atoms with Gasteiger partial charge in [-0.1, -0.05) is 20.3 Å². The van der Waals surface area contributed by atoms with Crippen LogP contribution in [0.3, 0.4) is 0 Å². The molecule has 1 aliphatic carbocycles. The van der Waals surface area contributed by atoms with Crippen LogP contribution < -0.4 is 10.6 Å². The summed E-state index contributed by atoms with van der Waals surface area (Å²) in [5, 5.41) is 7.22. The zero-order valence-electron chi connectivity index (χ0n) is 11.0. The third-order valence-electron chi connectivity index (χ3n) is 4.62. The second kappa shape index (κ2) is 5.50.